The Bertz CT molecular complexity index is 1300. The number of carboxylic acids is 1. The van der Waals surface area contributed by atoms with Crippen LogP contribution in [0.3, 0.4) is 0 Å². The van der Waals surface area contributed by atoms with Crippen molar-refractivity contribution in [2.45, 2.75) is 30.1 Å². The predicted molar refractivity (Wildman–Crippen MR) is 122 cm³/mol. The smallest absolute Gasteiger partial charge is 0.356 e. The van der Waals surface area contributed by atoms with Gasteiger partial charge in [0, 0.05) is 13.2 Å². The number of aromatic carboxylic acids is 1. The van der Waals surface area contributed by atoms with Crippen LogP contribution in [0.5, 0.6) is 5.75 Å². The van der Waals surface area contributed by atoms with E-state index >= 15 is 0 Å². The summed E-state index contributed by atoms with van der Waals surface area (Å²) in [6.45, 7) is 6.41. The number of aryl methyl sites for hydroxylation is 2. The van der Waals surface area contributed by atoms with E-state index in [-0.39, 0.29) is 9.34 Å². The summed E-state index contributed by atoms with van der Waals surface area (Å²) in [5, 5.41) is 13.8. The van der Waals surface area contributed by atoms with Crippen molar-refractivity contribution in [3.8, 4) is 5.75 Å². The van der Waals surface area contributed by atoms with Crippen molar-refractivity contribution in [3.63, 3.8) is 0 Å². The van der Waals surface area contributed by atoms with Crippen LogP contribution in [0.25, 0.3) is 0 Å². The number of carboxylic acid groups (broad SMARTS) is 1. The molecule has 0 atom stereocenters. The first kappa shape index (κ1) is 24.2. The Balaban J connectivity index is 1.75. The van der Waals surface area contributed by atoms with Crippen molar-refractivity contribution in [1.82, 2.24) is 14.5 Å². The molecular formula is C20H23N5O6S2. The zero-order valence-corrected chi connectivity index (χ0v) is 20.0. The van der Waals surface area contributed by atoms with Crippen LogP contribution in [0, 0.1) is 12.8 Å². The van der Waals surface area contributed by atoms with E-state index in [9.17, 15) is 18.0 Å². The van der Waals surface area contributed by atoms with Crippen molar-refractivity contribution >= 4 is 44.0 Å². The number of carbonyl (C=O) groups is 2. The Morgan fingerprint density at radius 1 is 1.27 bits per heavy atom. The third kappa shape index (κ3) is 5.68. The second kappa shape index (κ2) is 9.58. The number of benzene rings is 1. The summed E-state index contributed by atoms with van der Waals surface area (Å²) in [6.07, 6.45) is 2.18. The van der Waals surface area contributed by atoms with E-state index in [4.69, 9.17) is 9.84 Å². The summed E-state index contributed by atoms with van der Waals surface area (Å²) in [4.78, 5) is 31.2. The van der Waals surface area contributed by atoms with Gasteiger partial charge in [-0.3, -0.25) is 5.32 Å². The molecule has 0 saturated carbocycles. The third-order valence-corrected chi connectivity index (χ3v) is 7.33. The minimum atomic E-state index is -4.13. The third-order valence-electron chi connectivity index (χ3n) is 4.22. The first-order chi connectivity index (χ1) is 15.5. The molecular weight excluding hydrogens is 470 g/mol. The number of aromatic nitrogens is 3. The highest BCUT2D eigenvalue weighted by Crippen LogP contribution is 2.29. The molecule has 176 valence electrons. The Hall–Kier alpha value is -3.45. The SMILES string of the molecule is Cc1ccc(NC(=O)Nc2ncc(S(=O)(=O)c3nc(C(=O)O)cn3C)s2)c(OCC(C)C)c1. The molecule has 3 N–H and O–H groups in total. The lowest BCUT2D eigenvalue weighted by molar-refractivity contribution is 0.0690. The number of ether oxygens (including phenoxy) is 1. The number of thiazole rings is 1. The molecule has 13 heteroatoms. The summed E-state index contributed by atoms with van der Waals surface area (Å²) in [5.41, 5.74) is 1.03. The Morgan fingerprint density at radius 3 is 2.64 bits per heavy atom. The molecule has 3 aromatic rings. The largest absolute Gasteiger partial charge is 0.491 e. The monoisotopic (exact) mass is 493 g/mol. The quantitative estimate of drug-likeness (QED) is 0.432. The minimum absolute atomic E-state index is 0.0375. The molecule has 0 aliphatic carbocycles. The summed E-state index contributed by atoms with van der Waals surface area (Å²) < 4.78 is 32.4. The van der Waals surface area contributed by atoms with Gasteiger partial charge in [0.05, 0.1) is 18.5 Å². The molecule has 11 nitrogen and oxygen atoms in total. The van der Waals surface area contributed by atoms with Crippen LogP contribution >= 0.6 is 11.3 Å². The number of imidazole rings is 1. The van der Waals surface area contributed by atoms with Crippen LogP contribution in [0.2, 0.25) is 0 Å². The van der Waals surface area contributed by atoms with Crippen LogP contribution in [0.4, 0.5) is 15.6 Å². The number of anilines is 2. The number of nitrogens with zero attached hydrogens (tertiary/aromatic N) is 3. The Labute approximate surface area is 194 Å². The number of nitrogens with one attached hydrogen (secondary N) is 2. The molecule has 2 aromatic heterocycles. The van der Waals surface area contributed by atoms with Gasteiger partial charge in [-0.15, -0.1) is 0 Å². The molecule has 2 heterocycles. The van der Waals surface area contributed by atoms with Gasteiger partial charge in [0.1, 0.15) is 9.96 Å². The van der Waals surface area contributed by atoms with E-state index in [1.165, 1.54) is 7.05 Å². The first-order valence-electron chi connectivity index (χ1n) is 9.76. The van der Waals surface area contributed by atoms with Crippen molar-refractivity contribution < 1.29 is 27.9 Å². The van der Waals surface area contributed by atoms with Crippen LogP contribution in [-0.2, 0) is 16.9 Å². The van der Waals surface area contributed by atoms with Gasteiger partial charge in [0.25, 0.3) is 9.84 Å². The molecule has 0 saturated heterocycles. The summed E-state index contributed by atoms with van der Waals surface area (Å²) in [7, 11) is -2.75. The molecule has 0 spiro atoms. The maximum Gasteiger partial charge on any atom is 0.356 e. The highest BCUT2D eigenvalue weighted by Gasteiger charge is 2.28. The molecule has 0 aliphatic heterocycles. The first-order valence-corrected chi connectivity index (χ1v) is 12.1. The molecule has 1 aromatic carbocycles. The standard InChI is InChI=1S/C20H23N5O6S2/c1-11(2)10-31-15-7-12(3)5-6-13(15)22-18(28)24-19-21-8-16(32-19)33(29,30)20-23-14(17(26)27)9-25(20)4/h5-9,11H,10H2,1-4H3,(H,26,27)(H2,21,22,24,28). The average molecular weight is 494 g/mol. The predicted octanol–water partition coefficient (Wildman–Crippen LogP) is 3.39. The van der Waals surface area contributed by atoms with Gasteiger partial charge >= 0.3 is 12.0 Å². The van der Waals surface area contributed by atoms with Gasteiger partial charge in [-0.1, -0.05) is 31.3 Å². The highest BCUT2D eigenvalue weighted by atomic mass is 32.2. The molecule has 2 amide bonds. The number of urea groups is 1. The van der Waals surface area contributed by atoms with Gasteiger partial charge in [-0.25, -0.2) is 28.0 Å². The van der Waals surface area contributed by atoms with Crippen LogP contribution in [0.1, 0.15) is 29.9 Å². The zero-order chi connectivity index (χ0) is 24.3. The number of amides is 2. The zero-order valence-electron chi connectivity index (χ0n) is 18.3. The second-order valence-corrected chi connectivity index (χ2v) is 10.7. The molecule has 0 radical (unpaired) electrons. The van der Waals surface area contributed by atoms with Gasteiger partial charge in [0.2, 0.25) is 5.16 Å². The lowest BCUT2D eigenvalue weighted by Crippen LogP contribution is -2.20. The van der Waals surface area contributed by atoms with Gasteiger partial charge in [-0.05, 0) is 30.5 Å². The van der Waals surface area contributed by atoms with Crippen molar-refractivity contribution in [2.75, 3.05) is 17.2 Å². The van der Waals surface area contributed by atoms with E-state index < -0.39 is 32.7 Å². The summed E-state index contributed by atoms with van der Waals surface area (Å²) in [5.74, 6) is -0.526. The summed E-state index contributed by atoms with van der Waals surface area (Å²) in [6, 6.07) is 4.72. The number of rotatable bonds is 8. The molecule has 3 rings (SSSR count). The van der Waals surface area contributed by atoms with E-state index in [1.54, 1.807) is 6.07 Å². The average Bonchev–Trinajstić information content (AvgIpc) is 3.35. The maximum absolute atomic E-state index is 12.8. The van der Waals surface area contributed by atoms with Crippen LogP contribution in [-0.4, -0.2) is 46.7 Å². The molecule has 0 unspecified atom stereocenters. The number of hydrogen-bond acceptors (Lipinski definition) is 8. The molecule has 0 bridgehead atoms. The van der Waals surface area contributed by atoms with Gasteiger partial charge < -0.3 is 19.7 Å². The minimum Gasteiger partial charge on any atom is -0.491 e. The fourth-order valence-corrected chi connectivity index (χ4v) is 5.16. The molecule has 0 fully saturated rings. The second-order valence-electron chi connectivity index (χ2n) is 7.60. The number of carbonyl (C=O) groups excluding carboxylic acids is 1. The van der Waals surface area contributed by atoms with Crippen molar-refractivity contribution in [3.05, 3.63) is 41.9 Å². The lowest BCUT2D eigenvalue weighted by atomic mass is 10.2. The molecule has 0 aliphatic rings. The van der Waals surface area contributed by atoms with E-state index in [1.807, 2.05) is 32.9 Å². The number of sulfone groups is 1. The normalized spacial score (nSPS) is 11.4. The Kier molecular flexibility index (Phi) is 7.03. The van der Waals surface area contributed by atoms with E-state index in [0.717, 1.165) is 33.9 Å². The van der Waals surface area contributed by atoms with Crippen LogP contribution in [0.15, 0.2) is 40.0 Å². The lowest BCUT2D eigenvalue weighted by Gasteiger charge is -2.14. The highest BCUT2D eigenvalue weighted by molar-refractivity contribution is 7.93. The fourth-order valence-electron chi connectivity index (χ4n) is 2.69. The van der Waals surface area contributed by atoms with E-state index in [0.29, 0.717) is 24.0 Å². The van der Waals surface area contributed by atoms with E-state index in [2.05, 4.69) is 20.6 Å². The maximum atomic E-state index is 12.8. The van der Waals surface area contributed by atoms with Gasteiger partial charge in [-0.2, -0.15) is 0 Å². The van der Waals surface area contributed by atoms with Gasteiger partial charge in [0.15, 0.2) is 10.8 Å². The summed E-state index contributed by atoms with van der Waals surface area (Å²) >= 11 is 0.718. The fraction of sp³-hybridized carbons (Fsp3) is 0.300. The molecule has 33 heavy (non-hydrogen) atoms. The Morgan fingerprint density at radius 2 is 2.00 bits per heavy atom. The van der Waals surface area contributed by atoms with Crippen LogP contribution < -0.4 is 15.4 Å². The topological polar surface area (TPSA) is 153 Å². The number of hydrogen-bond donors (Lipinski definition) is 3. The van der Waals surface area contributed by atoms with Crippen molar-refractivity contribution in [1.29, 1.82) is 0 Å². The van der Waals surface area contributed by atoms with Crippen molar-refractivity contribution in [2.24, 2.45) is 13.0 Å².